The Bertz CT molecular complexity index is 148. The number of hydrogen-bond donors (Lipinski definition) is 2. The molecular weight excluding hydrogens is 224 g/mol. The normalized spacial score (nSPS) is 12.8. The molecule has 0 spiro atoms. The highest BCUT2D eigenvalue weighted by Crippen LogP contribution is 2.21. The number of rotatable bonds is 14. The zero-order chi connectivity index (χ0) is 13.5. The van der Waals surface area contributed by atoms with Crippen molar-refractivity contribution in [2.45, 2.75) is 84.0 Å². The molecule has 0 bridgehead atoms. The highest BCUT2D eigenvalue weighted by molar-refractivity contribution is 4.60. The Morgan fingerprint density at radius 3 is 1.72 bits per heavy atom. The second-order valence-electron chi connectivity index (χ2n) is 5.51. The minimum Gasteiger partial charge on any atom is -0.396 e. The van der Waals surface area contributed by atoms with Crippen LogP contribution in [0.1, 0.15) is 84.0 Å². The van der Waals surface area contributed by atoms with Gasteiger partial charge in [-0.05, 0) is 18.8 Å². The largest absolute Gasteiger partial charge is 0.396 e. The molecule has 1 unspecified atom stereocenters. The minimum atomic E-state index is 0.343. The van der Waals surface area contributed by atoms with Crippen molar-refractivity contribution in [3.05, 3.63) is 0 Å². The summed E-state index contributed by atoms with van der Waals surface area (Å²) in [6, 6.07) is 0. The van der Waals surface area contributed by atoms with Gasteiger partial charge in [-0.1, -0.05) is 71.1 Å². The third kappa shape index (κ3) is 12.4. The molecule has 0 aromatic heterocycles. The van der Waals surface area contributed by atoms with Gasteiger partial charge in [-0.25, -0.2) is 0 Å². The van der Waals surface area contributed by atoms with Gasteiger partial charge in [-0.15, -0.1) is 0 Å². The molecule has 0 saturated carbocycles. The lowest BCUT2D eigenvalue weighted by Gasteiger charge is -2.15. The number of unbranched alkanes of at least 4 members (excludes halogenated alkanes) is 7. The van der Waals surface area contributed by atoms with Crippen LogP contribution < -0.4 is 0 Å². The number of aliphatic hydroxyl groups excluding tert-OH is 2. The van der Waals surface area contributed by atoms with Crippen LogP contribution in [0.4, 0.5) is 0 Å². The Hall–Kier alpha value is -0.0800. The standard InChI is InChI=1S/C16H34O2/c1-2-3-8-11-16(13-15-18)12-9-6-4-5-7-10-14-17/h16-18H,2-15H2,1H3. The lowest BCUT2D eigenvalue weighted by Crippen LogP contribution is -2.03. The van der Waals surface area contributed by atoms with Crippen molar-refractivity contribution < 1.29 is 10.2 Å². The SMILES string of the molecule is CCCCCC(CCO)CCCCCCCCO. The summed E-state index contributed by atoms with van der Waals surface area (Å²) in [5, 5.41) is 17.7. The predicted octanol–water partition coefficient (Wildman–Crippen LogP) is 4.29. The van der Waals surface area contributed by atoms with Crippen molar-refractivity contribution in [1.29, 1.82) is 0 Å². The van der Waals surface area contributed by atoms with E-state index in [1.54, 1.807) is 0 Å². The maximum atomic E-state index is 9.07. The van der Waals surface area contributed by atoms with Gasteiger partial charge in [0.15, 0.2) is 0 Å². The van der Waals surface area contributed by atoms with E-state index in [1.165, 1.54) is 64.2 Å². The Morgan fingerprint density at radius 2 is 1.17 bits per heavy atom. The van der Waals surface area contributed by atoms with Crippen LogP contribution in [0.3, 0.4) is 0 Å². The summed E-state index contributed by atoms with van der Waals surface area (Å²) in [7, 11) is 0. The van der Waals surface area contributed by atoms with Crippen molar-refractivity contribution >= 4 is 0 Å². The fourth-order valence-electron chi connectivity index (χ4n) is 2.55. The first-order chi connectivity index (χ1) is 8.85. The van der Waals surface area contributed by atoms with Gasteiger partial charge in [0.25, 0.3) is 0 Å². The van der Waals surface area contributed by atoms with Gasteiger partial charge in [-0.2, -0.15) is 0 Å². The first kappa shape index (κ1) is 17.9. The van der Waals surface area contributed by atoms with E-state index >= 15 is 0 Å². The van der Waals surface area contributed by atoms with E-state index in [0.717, 1.165) is 18.8 Å². The molecule has 0 amide bonds. The smallest absolute Gasteiger partial charge is 0.0433 e. The lowest BCUT2D eigenvalue weighted by molar-refractivity contribution is 0.241. The third-order valence-electron chi connectivity index (χ3n) is 3.77. The molecule has 0 aliphatic carbocycles. The van der Waals surface area contributed by atoms with E-state index in [0.29, 0.717) is 13.2 Å². The minimum absolute atomic E-state index is 0.343. The summed E-state index contributed by atoms with van der Waals surface area (Å²) in [6.07, 6.45) is 14.9. The Balaban J connectivity index is 3.39. The molecule has 110 valence electrons. The summed E-state index contributed by atoms with van der Waals surface area (Å²) >= 11 is 0. The van der Waals surface area contributed by atoms with E-state index in [1.807, 2.05) is 0 Å². The molecule has 2 nitrogen and oxygen atoms in total. The Morgan fingerprint density at radius 1 is 0.611 bits per heavy atom. The summed E-state index contributed by atoms with van der Waals surface area (Å²) in [4.78, 5) is 0. The molecule has 18 heavy (non-hydrogen) atoms. The summed E-state index contributed by atoms with van der Waals surface area (Å²) in [5.74, 6) is 0.749. The van der Waals surface area contributed by atoms with Crippen molar-refractivity contribution in [2.75, 3.05) is 13.2 Å². The number of hydrogen-bond acceptors (Lipinski definition) is 2. The molecule has 0 aliphatic heterocycles. The molecule has 2 heteroatoms. The monoisotopic (exact) mass is 258 g/mol. The first-order valence-corrected chi connectivity index (χ1v) is 8.06. The molecule has 0 rings (SSSR count). The second-order valence-corrected chi connectivity index (χ2v) is 5.51. The molecule has 1 atom stereocenters. The van der Waals surface area contributed by atoms with E-state index in [9.17, 15) is 0 Å². The zero-order valence-electron chi connectivity index (χ0n) is 12.4. The van der Waals surface area contributed by atoms with Crippen LogP contribution in [0.2, 0.25) is 0 Å². The topological polar surface area (TPSA) is 40.5 Å². The summed E-state index contributed by atoms with van der Waals surface area (Å²) in [5.41, 5.74) is 0. The molecule has 0 aromatic rings. The van der Waals surface area contributed by atoms with E-state index < -0.39 is 0 Å². The van der Waals surface area contributed by atoms with Gasteiger partial charge in [0.05, 0.1) is 0 Å². The molecule has 0 radical (unpaired) electrons. The van der Waals surface area contributed by atoms with Gasteiger partial charge in [0.2, 0.25) is 0 Å². The van der Waals surface area contributed by atoms with Crippen molar-refractivity contribution in [2.24, 2.45) is 5.92 Å². The zero-order valence-corrected chi connectivity index (χ0v) is 12.4. The van der Waals surface area contributed by atoms with Gasteiger partial charge in [0.1, 0.15) is 0 Å². The Labute approximate surface area is 114 Å². The molecule has 2 N–H and O–H groups in total. The predicted molar refractivity (Wildman–Crippen MR) is 78.7 cm³/mol. The van der Waals surface area contributed by atoms with E-state index in [2.05, 4.69) is 6.92 Å². The quantitative estimate of drug-likeness (QED) is 0.456. The molecule has 0 saturated heterocycles. The van der Waals surface area contributed by atoms with E-state index in [4.69, 9.17) is 10.2 Å². The van der Waals surface area contributed by atoms with Crippen molar-refractivity contribution in [3.63, 3.8) is 0 Å². The first-order valence-electron chi connectivity index (χ1n) is 8.06. The molecular formula is C16H34O2. The van der Waals surface area contributed by atoms with Crippen molar-refractivity contribution in [3.8, 4) is 0 Å². The highest BCUT2D eigenvalue weighted by atomic mass is 16.3. The van der Waals surface area contributed by atoms with Gasteiger partial charge in [0, 0.05) is 13.2 Å². The highest BCUT2D eigenvalue weighted by Gasteiger charge is 2.07. The fourth-order valence-corrected chi connectivity index (χ4v) is 2.55. The molecule has 0 fully saturated rings. The lowest BCUT2D eigenvalue weighted by atomic mass is 9.92. The van der Waals surface area contributed by atoms with Crippen molar-refractivity contribution in [1.82, 2.24) is 0 Å². The van der Waals surface area contributed by atoms with Crippen LogP contribution in [0, 0.1) is 5.92 Å². The van der Waals surface area contributed by atoms with Gasteiger partial charge < -0.3 is 10.2 Å². The van der Waals surface area contributed by atoms with Crippen LogP contribution in [-0.4, -0.2) is 23.4 Å². The summed E-state index contributed by atoms with van der Waals surface area (Å²) < 4.78 is 0. The van der Waals surface area contributed by atoms with Crippen LogP contribution in [0.25, 0.3) is 0 Å². The molecule has 0 aromatic carbocycles. The Kier molecular flexibility index (Phi) is 14.9. The fraction of sp³-hybridized carbons (Fsp3) is 1.00. The van der Waals surface area contributed by atoms with Crippen LogP contribution >= 0.6 is 0 Å². The molecule has 0 aliphatic rings. The average Bonchev–Trinajstić information content (AvgIpc) is 2.38. The van der Waals surface area contributed by atoms with Gasteiger partial charge >= 0.3 is 0 Å². The number of aliphatic hydroxyl groups is 2. The van der Waals surface area contributed by atoms with Gasteiger partial charge in [-0.3, -0.25) is 0 Å². The maximum Gasteiger partial charge on any atom is 0.0433 e. The molecule has 0 heterocycles. The van der Waals surface area contributed by atoms with Crippen LogP contribution in [-0.2, 0) is 0 Å². The van der Waals surface area contributed by atoms with Crippen LogP contribution in [0.5, 0.6) is 0 Å². The van der Waals surface area contributed by atoms with E-state index in [-0.39, 0.29) is 0 Å². The maximum absolute atomic E-state index is 9.07. The summed E-state index contributed by atoms with van der Waals surface area (Å²) in [6.45, 7) is 2.94. The average molecular weight is 258 g/mol. The van der Waals surface area contributed by atoms with Crippen LogP contribution in [0.15, 0.2) is 0 Å². The second kappa shape index (κ2) is 15.0. The third-order valence-corrected chi connectivity index (χ3v) is 3.77.